The van der Waals surface area contributed by atoms with Gasteiger partial charge in [0, 0.05) is 18.0 Å². The van der Waals surface area contributed by atoms with E-state index in [1.165, 1.54) is 51.2 Å². The van der Waals surface area contributed by atoms with Crippen LogP contribution in [-0.4, -0.2) is 30.8 Å². The van der Waals surface area contributed by atoms with Gasteiger partial charge in [-0.15, -0.1) is 0 Å². The largest absolute Gasteiger partial charge is 0.303 e. The van der Waals surface area contributed by atoms with Gasteiger partial charge in [0.1, 0.15) is 6.29 Å². The molecule has 0 aromatic heterocycles. The lowest BCUT2D eigenvalue weighted by molar-refractivity contribution is -0.118. The maximum atomic E-state index is 11.5. The summed E-state index contributed by atoms with van der Waals surface area (Å²) in [5.41, 5.74) is -0.0131. The van der Waals surface area contributed by atoms with Gasteiger partial charge in [0.05, 0.1) is 0 Å². The highest BCUT2D eigenvalue weighted by atomic mass is 16.1. The first kappa shape index (κ1) is 12.1. The molecule has 2 rings (SSSR count). The maximum Gasteiger partial charge on any atom is 0.127 e. The lowest BCUT2D eigenvalue weighted by Crippen LogP contribution is -2.44. The van der Waals surface area contributed by atoms with E-state index in [1.807, 2.05) is 0 Å². The molecular formula is C14H25NO. The number of hydrogen-bond acceptors (Lipinski definition) is 2. The van der Waals surface area contributed by atoms with Crippen LogP contribution in [0.2, 0.25) is 0 Å². The highest BCUT2D eigenvalue weighted by Gasteiger charge is 2.34. The average Bonchev–Trinajstić information content (AvgIpc) is 2.41. The first-order valence-electron chi connectivity index (χ1n) is 6.92. The molecule has 92 valence electrons. The van der Waals surface area contributed by atoms with Crippen LogP contribution >= 0.6 is 0 Å². The number of carbonyl (C=O) groups excluding carboxylic acids is 1. The Bertz CT molecular complexity index is 227. The van der Waals surface area contributed by atoms with E-state index in [1.54, 1.807) is 0 Å². The Kier molecular flexibility index (Phi) is 4.01. The van der Waals surface area contributed by atoms with Gasteiger partial charge in [0.15, 0.2) is 0 Å². The zero-order chi connectivity index (χ0) is 11.4. The van der Waals surface area contributed by atoms with E-state index >= 15 is 0 Å². The number of hydrogen-bond donors (Lipinski definition) is 0. The molecule has 2 heteroatoms. The maximum absolute atomic E-state index is 11.5. The Labute approximate surface area is 99.4 Å². The van der Waals surface area contributed by atoms with E-state index in [0.717, 1.165) is 25.4 Å². The lowest BCUT2D eigenvalue weighted by atomic mass is 9.80. The third-order valence-corrected chi connectivity index (χ3v) is 4.61. The highest BCUT2D eigenvalue weighted by molar-refractivity contribution is 5.59. The van der Waals surface area contributed by atoms with Crippen molar-refractivity contribution in [3.05, 3.63) is 0 Å². The Balaban J connectivity index is 1.93. The van der Waals surface area contributed by atoms with Crippen LogP contribution in [-0.2, 0) is 4.79 Å². The van der Waals surface area contributed by atoms with Gasteiger partial charge in [-0.1, -0.05) is 32.1 Å². The molecule has 0 aromatic carbocycles. The molecule has 0 amide bonds. The van der Waals surface area contributed by atoms with Crippen molar-refractivity contribution in [1.29, 1.82) is 0 Å². The summed E-state index contributed by atoms with van der Waals surface area (Å²) in [5, 5.41) is 0. The summed E-state index contributed by atoms with van der Waals surface area (Å²) >= 11 is 0. The lowest BCUT2D eigenvalue weighted by Gasteiger charge is -2.40. The fourth-order valence-electron chi connectivity index (χ4n) is 3.20. The van der Waals surface area contributed by atoms with Crippen molar-refractivity contribution in [2.24, 2.45) is 5.41 Å². The number of nitrogens with zero attached hydrogens (tertiary/aromatic N) is 1. The summed E-state index contributed by atoms with van der Waals surface area (Å²) in [7, 11) is 2.21. The predicted octanol–water partition coefficient (Wildman–Crippen LogP) is 3.01. The second-order valence-electron chi connectivity index (χ2n) is 5.89. The Morgan fingerprint density at radius 3 is 2.19 bits per heavy atom. The van der Waals surface area contributed by atoms with Gasteiger partial charge >= 0.3 is 0 Å². The normalized spacial score (nSPS) is 26.1. The molecule has 16 heavy (non-hydrogen) atoms. The van der Waals surface area contributed by atoms with Crippen LogP contribution in [0.4, 0.5) is 0 Å². The van der Waals surface area contributed by atoms with Crippen LogP contribution in [0.15, 0.2) is 0 Å². The van der Waals surface area contributed by atoms with Crippen LogP contribution in [0, 0.1) is 5.41 Å². The van der Waals surface area contributed by atoms with Gasteiger partial charge in [0.2, 0.25) is 0 Å². The molecular weight excluding hydrogens is 198 g/mol. The minimum Gasteiger partial charge on any atom is -0.303 e. The molecule has 2 saturated carbocycles. The Morgan fingerprint density at radius 1 is 1.12 bits per heavy atom. The molecule has 2 nitrogen and oxygen atoms in total. The fourth-order valence-corrected chi connectivity index (χ4v) is 3.20. The molecule has 0 bridgehead atoms. The molecule has 2 aliphatic rings. The van der Waals surface area contributed by atoms with Gasteiger partial charge in [0.25, 0.3) is 0 Å². The molecule has 0 aromatic rings. The molecule has 0 heterocycles. The fraction of sp³-hybridized carbons (Fsp3) is 0.929. The van der Waals surface area contributed by atoms with E-state index in [9.17, 15) is 4.79 Å². The van der Waals surface area contributed by atoms with Crippen molar-refractivity contribution in [1.82, 2.24) is 4.90 Å². The van der Waals surface area contributed by atoms with Crippen LogP contribution in [0.25, 0.3) is 0 Å². The smallest absolute Gasteiger partial charge is 0.127 e. The third-order valence-electron chi connectivity index (χ3n) is 4.61. The number of carbonyl (C=O) groups is 1. The summed E-state index contributed by atoms with van der Waals surface area (Å²) in [6, 6.07) is 0.764. The summed E-state index contributed by atoms with van der Waals surface area (Å²) < 4.78 is 0. The van der Waals surface area contributed by atoms with Gasteiger partial charge < -0.3 is 9.69 Å². The van der Waals surface area contributed by atoms with E-state index in [0.29, 0.717) is 0 Å². The monoisotopic (exact) mass is 223 g/mol. The molecule has 0 atom stereocenters. The molecule has 0 saturated heterocycles. The standard InChI is InChI=1S/C14H25NO/c1-15(13-7-6-8-13)11-14(12-16)9-4-2-3-5-10-14/h12-13H,2-11H2,1H3. The predicted molar refractivity (Wildman–Crippen MR) is 66.5 cm³/mol. The van der Waals surface area contributed by atoms with Crippen LogP contribution in [0.1, 0.15) is 57.8 Å². The van der Waals surface area contributed by atoms with Crippen LogP contribution < -0.4 is 0 Å². The van der Waals surface area contributed by atoms with Crippen molar-refractivity contribution in [3.8, 4) is 0 Å². The molecule has 2 fully saturated rings. The molecule has 0 N–H and O–H groups in total. The Hall–Kier alpha value is -0.370. The third kappa shape index (κ3) is 2.65. The zero-order valence-electron chi connectivity index (χ0n) is 10.6. The van der Waals surface area contributed by atoms with Gasteiger partial charge in [-0.25, -0.2) is 0 Å². The van der Waals surface area contributed by atoms with Crippen molar-refractivity contribution in [2.75, 3.05) is 13.6 Å². The second kappa shape index (κ2) is 5.31. The zero-order valence-corrected chi connectivity index (χ0v) is 10.6. The van der Waals surface area contributed by atoms with Crippen molar-refractivity contribution in [2.45, 2.75) is 63.8 Å². The summed E-state index contributed by atoms with van der Waals surface area (Å²) in [5.74, 6) is 0. The Morgan fingerprint density at radius 2 is 1.75 bits per heavy atom. The quantitative estimate of drug-likeness (QED) is 0.539. The summed E-state index contributed by atoms with van der Waals surface area (Å²) in [6.07, 6.45) is 12.7. The van der Waals surface area contributed by atoms with E-state index in [4.69, 9.17) is 0 Å². The van der Waals surface area contributed by atoms with E-state index < -0.39 is 0 Å². The minimum atomic E-state index is -0.0131. The van der Waals surface area contributed by atoms with Crippen LogP contribution in [0.5, 0.6) is 0 Å². The molecule has 0 aliphatic heterocycles. The van der Waals surface area contributed by atoms with Crippen molar-refractivity contribution < 1.29 is 4.79 Å². The highest BCUT2D eigenvalue weighted by Crippen LogP contribution is 2.35. The van der Waals surface area contributed by atoms with Gasteiger partial charge in [-0.05, 0) is 32.7 Å². The molecule has 2 aliphatic carbocycles. The van der Waals surface area contributed by atoms with Gasteiger partial charge in [-0.2, -0.15) is 0 Å². The van der Waals surface area contributed by atoms with E-state index in [2.05, 4.69) is 11.9 Å². The topological polar surface area (TPSA) is 20.3 Å². The van der Waals surface area contributed by atoms with Crippen LogP contribution in [0.3, 0.4) is 0 Å². The van der Waals surface area contributed by atoms with Gasteiger partial charge in [-0.3, -0.25) is 0 Å². The summed E-state index contributed by atoms with van der Waals surface area (Å²) in [4.78, 5) is 13.9. The SMILES string of the molecule is CN(CC1(C=O)CCCCCC1)C1CCC1. The number of rotatable bonds is 4. The van der Waals surface area contributed by atoms with Crippen molar-refractivity contribution in [3.63, 3.8) is 0 Å². The first-order valence-corrected chi connectivity index (χ1v) is 6.92. The second-order valence-corrected chi connectivity index (χ2v) is 5.89. The number of aldehydes is 1. The van der Waals surface area contributed by atoms with Crippen molar-refractivity contribution >= 4 is 6.29 Å². The molecule has 0 unspecified atom stereocenters. The molecule has 0 spiro atoms. The first-order chi connectivity index (χ1) is 7.76. The molecule has 0 radical (unpaired) electrons. The van der Waals surface area contributed by atoms with E-state index in [-0.39, 0.29) is 5.41 Å². The average molecular weight is 223 g/mol. The summed E-state index contributed by atoms with van der Waals surface area (Å²) in [6.45, 7) is 1.00. The minimum absolute atomic E-state index is 0.0131.